The van der Waals surface area contributed by atoms with Gasteiger partial charge in [-0.2, -0.15) is 0 Å². The molecule has 3 aromatic heterocycles. The zero-order valence-corrected chi connectivity index (χ0v) is 18.9. The first-order chi connectivity index (χ1) is 14.9. The lowest BCUT2D eigenvalue weighted by atomic mass is 10.0. The van der Waals surface area contributed by atoms with Gasteiger partial charge in [-0.15, -0.1) is 11.3 Å². The van der Waals surface area contributed by atoms with E-state index in [1.165, 1.54) is 11.3 Å². The summed E-state index contributed by atoms with van der Waals surface area (Å²) in [6.45, 7) is -0.575. The summed E-state index contributed by atoms with van der Waals surface area (Å²) in [5.41, 5.74) is 4.41. The summed E-state index contributed by atoms with van der Waals surface area (Å²) in [4.78, 5) is 17.5. The van der Waals surface area contributed by atoms with E-state index in [1.807, 2.05) is 41.3 Å². The Morgan fingerprint density at radius 1 is 1.00 bits per heavy atom. The second kappa shape index (κ2) is 7.48. The van der Waals surface area contributed by atoms with Gasteiger partial charge < -0.3 is 4.57 Å². The lowest BCUT2D eigenvalue weighted by Gasteiger charge is -2.09. The van der Waals surface area contributed by atoms with Crippen LogP contribution in [0.3, 0.4) is 0 Å². The van der Waals surface area contributed by atoms with Crippen molar-refractivity contribution in [1.29, 1.82) is 0 Å². The molecule has 156 valence electrons. The van der Waals surface area contributed by atoms with Crippen LogP contribution in [0.5, 0.6) is 0 Å². The molecule has 0 spiro atoms. The number of thiazole rings is 1. The molecule has 0 aliphatic heterocycles. The number of nitrogens with zero attached hydrogens (tertiary/aromatic N) is 3. The van der Waals surface area contributed by atoms with Gasteiger partial charge in [-0.1, -0.05) is 35.3 Å². The fourth-order valence-corrected chi connectivity index (χ4v) is 5.22. The number of benzene rings is 2. The van der Waals surface area contributed by atoms with Crippen LogP contribution in [0.1, 0.15) is 5.01 Å². The molecule has 8 heteroatoms. The summed E-state index contributed by atoms with van der Waals surface area (Å²) in [5, 5.41) is 5.14. The van der Waals surface area contributed by atoms with E-state index >= 15 is 0 Å². The Balaban J connectivity index is 1.82. The van der Waals surface area contributed by atoms with Crippen LogP contribution in [0.4, 0.5) is 4.39 Å². The zero-order valence-electron chi connectivity index (χ0n) is 16.6. The molecule has 3 heterocycles. The second-order valence-electron chi connectivity index (χ2n) is 7.33. The first-order valence-electron chi connectivity index (χ1n) is 9.47. The Morgan fingerprint density at radius 3 is 2.52 bits per heavy atom. The van der Waals surface area contributed by atoms with Crippen molar-refractivity contribution in [3.63, 3.8) is 0 Å². The molecule has 2 aromatic carbocycles. The van der Waals surface area contributed by atoms with Gasteiger partial charge in [-0.25, -0.2) is 9.37 Å². The van der Waals surface area contributed by atoms with E-state index in [9.17, 15) is 9.18 Å². The molecule has 0 fully saturated rings. The molecule has 0 unspecified atom stereocenters. The second-order valence-corrected chi connectivity index (χ2v) is 9.12. The highest BCUT2D eigenvalue weighted by Gasteiger charge is 2.18. The van der Waals surface area contributed by atoms with Crippen LogP contribution in [0, 0.1) is 0 Å². The highest BCUT2D eigenvalue weighted by atomic mass is 35.5. The Labute approximate surface area is 191 Å². The molecule has 0 N–H and O–H groups in total. The van der Waals surface area contributed by atoms with Crippen LogP contribution < -0.4 is 5.56 Å². The van der Waals surface area contributed by atoms with Crippen LogP contribution >= 0.6 is 34.5 Å². The van der Waals surface area contributed by atoms with Gasteiger partial charge in [0, 0.05) is 52.0 Å². The van der Waals surface area contributed by atoms with Gasteiger partial charge in [0.2, 0.25) is 0 Å². The monoisotopic (exact) mass is 471 g/mol. The van der Waals surface area contributed by atoms with Gasteiger partial charge in [0.1, 0.15) is 17.3 Å². The lowest BCUT2D eigenvalue weighted by Crippen LogP contribution is -2.20. The molecule has 0 aliphatic rings. The molecule has 0 bridgehead atoms. The van der Waals surface area contributed by atoms with Gasteiger partial charge in [0.15, 0.2) is 0 Å². The highest BCUT2D eigenvalue weighted by molar-refractivity contribution is 7.09. The van der Waals surface area contributed by atoms with Gasteiger partial charge >= 0.3 is 0 Å². The Kier molecular flexibility index (Phi) is 4.88. The summed E-state index contributed by atoms with van der Waals surface area (Å²) in [5.74, 6) is 0. The maximum atomic E-state index is 13.2. The Hall–Kier alpha value is -2.67. The fraction of sp³-hybridized carbons (Fsp3) is 0.130. The minimum atomic E-state index is -0.575. The van der Waals surface area contributed by atoms with Crippen LogP contribution in [0.25, 0.3) is 44.3 Å². The number of hydrogen-bond donors (Lipinski definition) is 0. The summed E-state index contributed by atoms with van der Waals surface area (Å²) in [6, 6.07) is 13.0. The predicted octanol–water partition coefficient (Wildman–Crippen LogP) is 6.60. The number of rotatable bonds is 3. The SMILES string of the molecule is Cn1c(=O)c(-c2ccc(Cl)cc2Cl)cc2c3cc(-c4csc(CF)n4)ccc3n(C)c21. The van der Waals surface area contributed by atoms with Crippen LogP contribution in [0.15, 0.2) is 52.6 Å². The van der Waals surface area contributed by atoms with Crippen LogP contribution in [-0.4, -0.2) is 14.1 Å². The molecule has 0 saturated carbocycles. The molecule has 0 radical (unpaired) electrons. The van der Waals surface area contributed by atoms with E-state index in [-0.39, 0.29) is 5.56 Å². The number of aromatic nitrogens is 3. The standard InChI is InChI=1S/C23H16Cl2FN3OS/c1-28-20-6-3-12(19-11-31-21(10-26)27-19)7-15(20)16-9-17(23(30)29(2)22(16)28)14-5-4-13(24)8-18(14)25/h3-9,11H,10H2,1-2H3. The van der Waals surface area contributed by atoms with Crippen molar-refractivity contribution >= 4 is 56.5 Å². The normalized spacial score (nSPS) is 11.6. The molecule has 0 aliphatic carbocycles. The van der Waals surface area contributed by atoms with Crippen molar-refractivity contribution in [2.24, 2.45) is 14.1 Å². The van der Waals surface area contributed by atoms with E-state index in [4.69, 9.17) is 23.2 Å². The van der Waals surface area contributed by atoms with Crippen molar-refractivity contribution in [2.75, 3.05) is 0 Å². The molecule has 0 saturated heterocycles. The molecule has 5 rings (SSSR count). The maximum absolute atomic E-state index is 13.2. The predicted molar refractivity (Wildman–Crippen MR) is 127 cm³/mol. The molecule has 31 heavy (non-hydrogen) atoms. The highest BCUT2D eigenvalue weighted by Crippen LogP contribution is 2.35. The third-order valence-corrected chi connectivity index (χ3v) is 6.89. The van der Waals surface area contributed by atoms with E-state index < -0.39 is 6.67 Å². The van der Waals surface area contributed by atoms with E-state index in [2.05, 4.69) is 4.98 Å². The number of halogens is 3. The third-order valence-electron chi connectivity index (χ3n) is 5.53. The molecular formula is C23H16Cl2FN3OS. The maximum Gasteiger partial charge on any atom is 0.259 e. The summed E-state index contributed by atoms with van der Waals surface area (Å²) < 4.78 is 16.6. The number of hydrogen-bond acceptors (Lipinski definition) is 3. The summed E-state index contributed by atoms with van der Waals surface area (Å²) >= 11 is 13.8. The Morgan fingerprint density at radius 2 is 1.81 bits per heavy atom. The van der Waals surface area contributed by atoms with E-state index in [0.29, 0.717) is 26.2 Å². The first kappa shape index (κ1) is 20.2. The molecule has 4 nitrogen and oxygen atoms in total. The van der Waals surface area contributed by atoms with Gasteiger partial charge in [-0.05, 0) is 30.3 Å². The average molecular weight is 472 g/mol. The topological polar surface area (TPSA) is 39.8 Å². The van der Waals surface area contributed by atoms with Gasteiger partial charge in [0.25, 0.3) is 5.56 Å². The van der Waals surface area contributed by atoms with Crippen molar-refractivity contribution in [2.45, 2.75) is 6.67 Å². The van der Waals surface area contributed by atoms with Crippen molar-refractivity contribution < 1.29 is 4.39 Å². The minimum Gasteiger partial charge on any atom is -0.330 e. The van der Waals surface area contributed by atoms with Gasteiger partial charge in [0.05, 0.1) is 16.2 Å². The fourth-order valence-electron chi connectivity index (χ4n) is 4.06. The molecular weight excluding hydrogens is 456 g/mol. The van der Waals surface area contributed by atoms with E-state index in [1.54, 1.807) is 29.8 Å². The smallest absolute Gasteiger partial charge is 0.259 e. The number of pyridine rings is 1. The molecule has 0 amide bonds. The number of aryl methyl sites for hydroxylation is 2. The third kappa shape index (κ3) is 3.17. The molecule has 0 atom stereocenters. The first-order valence-corrected chi connectivity index (χ1v) is 11.1. The van der Waals surface area contributed by atoms with Crippen molar-refractivity contribution in [3.05, 3.63) is 73.3 Å². The van der Waals surface area contributed by atoms with E-state index in [0.717, 1.165) is 33.2 Å². The molecule has 5 aromatic rings. The minimum absolute atomic E-state index is 0.144. The van der Waals surface area contributed by atoms with Crippen LogP contribution in [-0.2, 0) is 20.8 Å². The number of fused-ring (bicyclic) bond motifs is 3. The van der Waals surface area contributed by atoms with Crippen LogP contribution in [0.2, 0.25) is 10.0 Å². The van der Waals surface area contributed by atoms with Crippen molar-refractivity contribution in [3.8, 4) is 22.4 Å². The number of alkyl halides is 1. The average Bonchev–Trinajstić information content (AvgIpc) is 3.34. The summed E-state index contributed by atoms with van der Waals surface area (Å²) in [7, 11) is 3.69. The summed E-state index contributed by atoms with van der Waals surface area (Å²) in [6.07, 6.45) is 0. The zero-order chi connectivity index (χ0) is 21.9. The largest absolute Gasteiger partial charge is 0.330 e. The van der Waals surface area contributed by atoms with Crippen molar-refractivity contribution in [1.82, 2.24) is 14.1 Å². The van der Waals surface area contributed by atoms with Gasteiger partial charge in [-0.3, -0.25) is 9.36 Å². The lowest BCUT2D eigenvalue weighted by molar-refractivity contribution is 0.484. The Bertz CT molecular complexity index is 1550. The quantitative estimate of drug-likeness (QED) is 0.297.